The van der Waals surface area contributed by atoms with Crippen LogP contribution in [-0.4, -0.2) is 52.9 Å². The molecule has 2 heterocycles. The molecule has 1 aliphatic heterocycles. The number of aromatic nitrogens is 1. The van der Waals surface area contributed by atoms with Gasteiger partial charge in [-0.3, -0.25) is 9.78 Å². The van der Waals surface area contributed by atoms with Gasteiger partial charge < -0.3 is 14.4 Å². The number of pyridine rings is 1. The molecule has 6 nitrogen and oxygen atoms in total. The zero-order valence-corrected chi connectivity index (χ0v) is 16.1. The van der Waals surface area contributed by atoms with E-state index in [4.69, 9.17) is 9.47 Å². The number of alkyl halides is 1. The average Bonchev–Trinajstić information content (AvgIpc) is 2.99. The molecule has 2 rings (SSSR count). The van der Waals surface area contributed by atoms with Gasteiger partial charge in [0, 0.05) is 31.8 Å². The molecule has 0 aromatic carbocycles. The van der Waals surface area contributed by atoms with Gasteiger partial charge in [-0.1, -0.05) is 15.9 Å². The molecule has 1 aromatic heterocycles. The number of halogens is 1. The van der Waals surface area contributed by atoms with Crippen LogP contribution in [0.1, 0.15) is 43.2 Å². The summed E-state index contributed by atoms with van der Waals surface area (Å²) in [4.78, 5) is 30.0. The Kier molecular flexibility index (Phi) is 5.65. The Bertz CT molecular complexity index is 612. The third kappa shape index (κ3) is 4.13. The first kappa shape index (κ1) is 18.9. The summed E-state index contributed by atoms with van der Waals surface area (Å²) in [7, 11) is 1.61. The van der Waals surface area contributed by atoms with Gasteiger partial charge in [0.2, 0.25) is 0 Å². The van der Waals surface area contributed by atoms with Crippen LogP contribution in [-0.2, 0) is 15.1 Å². The van der Waals surface area contributed by atoms with Crippen LogP contribution in [0, 0.1) is 0 Å². The molecule has 1 amide bonds. The van der Waals surface area contributed by atoms with Crippen molar-refractivity contribution in [2.24, 2.45) is 0 Å². The number of carbonyl (C=O) groups excluding carboxylic acids is 2. The van der Waals surface area contributed by atoms with E-state index in [0.717, 1.165) is 0 Å². The lowest BCUT2D eigenvalue weighted by atomic mass is 9.97. The van der Waals surface area contributed by atoms with E-state index < -0.39 is 11.2 Å². The number of likely N-dealkylation sites (tertiary alicyclic amines) is 1. The maximum Gasteiger partial charge on any atom is 0.410 e. The molecule has 0 saturated carbocycles. The van der Waals surface area contributed by atoms with Crippen molar-refractivity contribution >= 4 is 27.8 Å². The fourth-order valence-electron chi connectivity index (χ4n) is 2.65. The van der Waals surface area contributed by atoms with E-state index in [1.54, 1.807) is 30.3 Å². The molecule has 1 aromatic rings. The van der Waals surface area contributed by atoms with Crippen LogP contribution in [0.25, 0.3) is 0 Å². The molecule has 7 heteroatoms. The van der Waals surface area contributed by atoms with E-state index in [1.165, 1.54) is 0 Å². The van der Waals surface area contributed by atoms with Crippen LogP contribution >= 0.6 is 15.9 Å². The molecule has 0 aliphatic carbocycles. The highest BCUT2D eigenvalue weighted by Gasteiger charge is 2.44. The fourth-order valence-corrected chi connectivity index (χ4v) is 2.97. The summed E-state index contributed by atoms with van der Waals surface area (Å²) in [6, 6.07) is 3.53. The number of carbonyl (C=O) groups is 2. The monoisotopic (exact) mass is 398 g/mol. The van der Waals surface area contributed by atoms with Crippen LogP contribution in [0.5, 0.6) is 0 Å². The highest BCUT2D eigenvalue weighted by Crippen LogP contribution is 2.35. The number of rotatable bonds is 4. The summed E-state index contributed by atoms with van der Waals surface area (Å²) >= 11 is 3.15. The van der Waals surface area contributed by atoms with E-state index >= 15 is 0 Å². The van der Waals surface area contributed by atoms with E-state index in [0.29, 0.717) is 30.8 Å². The third-order valence-electron chi connectivity index (χ3n) is 3.95. The fraction of sp³-hybridized carbons (Fsp3) is 0.588. The van der Waals surface area contributed by atoms with Crippen molar-refractivity contribution < 1.29 is 19.1 Å². The Morgan fingerprint density at radius 1 is 1.38 bits per heavy atom. The lowest BCUT2D eigenvalue weighted by Gasteiger charge is -2.28. The first-order valence-electron chi connectivity index (χ1n) is 7.79. The van der Waals surface area contributed by atoms with Crippen LogP contribution in [0.15, 0.2) is 18.3 Å². The summed E-state index contributed by atoms with van der Waals surface area (Å²) in [6.45, 7) is 6.42. The van der Waals surface area contributed by atoms with Crippen LogP contribution in [0.3, 0.4) is 0 Å². The SMILES string of the molecule is COC1(c2ccc(C(=O)CBr)cn2)CCN(C(=O)OC(C)(C)C)C1. The summed E-state index contributed by atoms with van der Waals surface area (Å²) < 4.78 is 11.1. The summed E-state index contributed by atoms with van der Waals surface area (Å²) in [5, 5.41) is 0.260. The quantitative estimate of drug-likeness (QED) is 0.575. The topological polar surface area (TPSA) is 68.7 Å². The van der Waals surface area contributed by atoms with E-state index in [2.05, 4.69) is 20.9 Å². The van der Waals surface area contributed by atoms with Crippen molar-refractivity contribution in [3.05, 3.63) is 29.6 Å². The Labute approximate surface area is 150 Å². The number of amides is 1. The number of nitrogens with zero attached hydrogens (tertiary/aromatic N) is 2. The maximum atomic E-state index is 12.3. The number of hydrogen-bond acceptors (Lipinski definition) is 5. The minimum Gasteiger partial charge on any atom is -0.444 e. The van der Waals surface area contributed by atoms with Crippen molar-refractivity contribution in [3.8, 4) is 0 Å². The number of ether oxygens (including phenoxy) is 2. The predicted octanol–water partition coefficient (Wildman–Crippen LogP) is 3.14. The molecule has 0 N–H and O–H groups in total. The second-order valence-corrected chi connectivity index (χ2v) is 7.40. The summed E-state index contributed by atoms with van der Waals surface area (Å²) in [6.07, 6.45) is 1.82. The highest BCUT2D eigenvalue weighted by molar-refractivity contribution is 9.09. The normalized spacial score (nSPS) is 21.0. The van der Waals surface area contributed by atoms with Gasteiger partial charge in [-0.05, 0) is 32.9 Å². The standard InChI is InChI=1S/C17H23BrN2O4/c1-16(2,3)24-15(22)20-8-7-17(11-20,23-4)14-6-5-12(10-19-14)13(21)9-18/h5-6,10H,7-9,11H2,1-4H3. The van der Waals surface area contributed by atoms with Crippen LogP contribution in [0.4, 0.5) is 4.79 Å². The van der Waals surface area contributed by atoms with Crippen LogP contribution < -0.4 is 0 Å². The Balaban J connectivity index is 2.16. The van der Waals surface area contributed by atoms with Crippen molar-refractivity contribution in [2.75, 3.05) is 25.5 Å². The van der Waals surface area contributed by atoms with Crippen molar-refractivity contribution in [2.45, 2.75) is 38.4 Å². The van der Waals surface area contributed by atoms with Gasteiger partial charge in [-0.25, -0.2) is 4.79 Å². The lowest BCUT2D eigenvalue weighted by molar-refractivity contribution is -0.0158. The Morgan fingerprint density at radius 2 is 2.08 bits per heavy atom. The Hall–Kier alpha value is -1.47. The first-order chi connectivity index (χ1) is 11.2. The second kappa shape index (κ2) is 7.19. The largest absolute Gasteiger partial charge is 0.444 e. The average molecular weight is 399 g/mol. The molecule has 1 fully saturated rings. The van der Waals surface area contributed by atoms with Crippen molar-refractivity contribution in [1.82, 2.24) is 9.88 Å². The minimum absolute atomic E-state index is 0.0256. The first-order valence-corrected chi connectivity index (χ1v) is 8.92. The number of hydrogen-bond donors (Lipinski definition) is 0. The number of ketones is 1. The predicted molar refractivity (Wildman–Crippen MR) is 93.5 cm³/mol. The van der Waals surface area contributed by atoms with Crippen molar-refractivity contribution in [1.29, 1.82) is 0 Å². The minimum atomic E-state index is -0.674. The van der Waals surface area contributed by atoms with Gasteiger partial charge in [-0.2, -0.15) is 0 Å². The zero-order valence-electron chi connectivity index (χ0n) is 14.5. The van der Waals surface area contributed by atoms with Gasteiger partial charge in [-0.15, -0.1) is 0 Å². The number of methoxy groups -OCH3 is 1. The molecule has 1 atom stereocenters. The molecular weight excluding hydrogens is 376 g/mol. The molecule has 0 radical (unpaired) electrons. The molecule has 1 aliphatic rings. The molecule has 0 bridgehead atoms. The second-order valence-electron chi connectivity index (χ2n) is 6.84. The van der Waals surface area contributed by atoms with Gasteiger partial charge in [0.15, 0.2) is 5.78 Å². The maximum absolute atomic E-state index is 12.3. The van der Waals surface area contributed by atoms with Crippen LogP contribution in [0.2, 0.25) is 0 Å². The van der Waals surface area contributed by atoms with Crippen molar-refractivity contribution in [3.63, 3.8) is 0 Å². The van der Waals surface area contributed by atoms with Gasteiger partial charge >= 0.3 is 6.09 Å². The van der Waals surface area contributed by atoms with Gasteiger partial charge in [0.1, 0.15) is 11.2 Å². The molecular formula is C17H23BrN2O4. The molecule has 1 saturated heterocycles. The molecule has 24 heavy (non-hydrogen) atoms. The van der Waals surface area contributed by atoms with E-state index in [9.17, 15) is 9.59 Å². The highest BCUT2D eigenvalue weighted by atomic mass is 79.9. The molecule has 1 unspecified atom stereocenters. The summed E-state index contributed by atoms with van der Waals surface area (Å²) in [5.74, 6) is -0.0256. The molecule has 132 valence electrons. The van der Waals surface area contributed by atoms with E-state index in [-0.39, 0.29) is 17.2 Å². The summed E-state index contributed by atoms with van der Waals surface area (Å²) in [5.41, 5.74) is 0.0455. The van der Waals surface area contributed by atoms with E-state index in [1.807, 2.05) is 20.8 Å². The number of Topliss-reactive ketones (excluding diaryl/α,β-unsaturated/α-hetero) is 1. The van der Waals surface area contributed by atoms with Gasteiger partial charge in [0.05, 0.1) is 17.6 Å². The zero-order chi connectivity index (χ0) is 18.0. The smallest absolute Gasteiger partial charge is 0.410 e. The lowest BCUT2D eigenvalue weighted by Crippen LogP contribution is -2.39. The van der Waals surface area contributed by atoms with Gasteiger partial charge in [0.25, 0.3) is 0 Å². The molecule has 0 spiro atoms. The Morgan fingerprint density at radius 3 is 2.58 bits per heavy atom. The third-order valence-corrected chi connectivity index (χ3v) is 4.46.